The van der Waals surface area contributed by atoms with Crippen molar-refractivity contribution in [2.45, 2.75) is 55.7 Å². The van der Waals surface area contributed by atoms with E-state index in [4.69, 9.17) is 0 Å². The molecule has 0 aromatic heterocycles. The summed E-state index contributed by atoms with van der Waals surface area (Å²) in [6, 6.07) is 12.2. The molecule has 0 aliphatic heterocycles. The molecule has 116 valence electrons. The predicted octanol–water partition coefficient (Wildman–Crippen LogP) is -0.831. The Morgan fingerprint density at radius 3 is 2.33 bits per heavy atom. The van der Waals surface area contributed by atoms with E-state index in [0.717, 1.165) is 3.63 Å². The van der Waals surface area contributed by atoms with Gasteiger partial charge >= 0.3 is 131 Å². The Labute approximate surface area is 163 Å². The minimum absolute atomic E-state index is 0. The average molecular weight is 510 g/mol. The van der Waals surface area contributed by atoms with Crippen LogP contribution in [-0.2, 0) is 22.4 Å². The molecule has 0 nitrogen and oxygen atoms in total. The number of unbranched alkanes of at least 4 members (excludes halogenated alkanes) is 1. The van der Waals surface area contributed by atoms with Gasteiger partial charge in [-0.25, -0.2) is 0 Å². The second-order valence-corrected chi connectivity index (χ2v) is 18.8. The van der Waals surface area contributed by atoms with Gasteiger partial charge in [0.15, 0.2) is 0 Å². The largest absolute Gasteiger partial charge is 1.00 e. The van der Waals surface area contributed by atoms with Crippen molar-refractivity contribution in [3.8, 4) is 0 Å². The third-order valence-corrected chi connectivity index (χ3v) is 20.6. The fourth-order valence-corrected chi connectivity index (χ4v) is 15.9. The van der Waals surface area contributed by atoms with Crippen LogP contribution in [0.1, 0.15) is 54.8 Å². The zero-order valence-electron chi connectivity index (χ0n) is 13.3. The molecule has 1 atom stereocenters. The molecule has 0 fully saturated rings. The molecule has 0 saturated heterocycles. The summed E-state index contributed by atoms with van der Waals surface area (Å²) in [5, 5.41) is 0. The van der Waals surface area contributed by atoms with Crippen molar-refractivity contribution in [2.24, 2.45) is 0 Å². The molecular formula is C17H26Br2SiZr. The van der Waals surface area contributed by atoms with Gasteiger partial charge in [0.25, 0.3) is 0 Å². The Morgan fingerprint density at radius 2 is 1.71 bits per heavy atom. The van der Waals surface area contributed by atoms with Crippen molar-refractivity contribution >= 4 is 12.0 Å². The second-order valence-electron chi connectivity index (χ2n) is 5.56. The van der Waals surface area contributed by atoms with E-state index in [1.807, 2.05) is 0 Å². The van der Waals surface area contributed by atoms with Crippen LogP contribution in [0.15, 0.2) is 29.8 Å². The summed E-state index contributed by atoms with van der Waals surface area (Å²) in [4.78, 5) is 0. The van der Waals surface area contributed by atoms with Gasteiger partial charge in [0.2, 0.25) is 0 Å². The quantitative estimate of drug-likeness (QED) is 0.421. The Hall–Kier alpha value is 1.02. The van der Waals surface area contributed by atoms with Gasteiger partial charge < -0.3 is 34.0 Å². The molecule has 0 bridgehead atoms. The molecule has 1 aromatic rings. The molecule has 1 aliphatic rings. The Bertz CT molecular complexity index is 444. The van der Waals surface area contributed by atoms with Crippen molar-refractivity contribution in [3.05, 3.63) is 41.0 Å². The van der Waals surface area contributed by atoms with Crippen LogP contribution >= 0.6 is 0 Å². The molecule has 0 N–H and O–H groups in total. The van der Waals surface area contributed by atoms with E-state index >= 15 is 0 Å². The Balaban J connectivity index is 0.00000200. The molecule has 0 heterocycles. The third kappa shape index (κ3) is 5.86. The zero-order chi connectivity index (χ0) is 13.7. The monoisotopic (exact) mass is 506 g/mol. The molecule has 0 radical (unpaired) electrons. The van der Waals surface area contributed by atoms with Gasteiger partial charge in [-0.05, 0) is 0 Å². The first-order valence-electron chi connectivity index (χ1n) is 7.85. The molecule has 2 rings (SSSR count). The predicted molar refractivity (Wildman–Crippen MR) is 84.8 cm³/mol. The maximum atomic E-state index is 2.53. The number of rotatable bonds is 7. The molecule has 1 aromatic carbocycles. The van der Waals surface area contributed by atoms with Crippen LogP contribution in [0.4, 0.5) is 0 Å². The fourth-order valence-electron chi connectivity index (χ4n) is 2.94. The summed E-state index contributed by atoms with van der Waals surface area (Å²) >= 11 is -0.225. The van der Waals surface area contributed by atoms with Gasteiger partial charge in [0, 0.05) is 0 Å². The number of hydrogen-bond acceptors (Lipinski definition) is 0. The van der Waals surface area contributed by atoms with E-state index in [2.05, 4.69) is 51.1 Å². The van der Waals surface area contributed by atoms with Crippen LogP contribution < -0.4 is 34.0 Å². The number of fused-ring (bicyclic) bond motifs is 1. The normalized spacial score (nSPS) is 15.6. The summed E-state index contributed by atoms with van der Waals surface area (Å²) in [6.45, 7) is 7.20. The number of hydrogen-bond donors (Lipinski definition) is 0. The molecule has 0 amide bonds. The first-order chi connectivity index (χ1) is 9.30. The van der Waals surface area contributed by atoms with E-state index in [0.29, 0.717) is 0 Å². The zero-order valence-corrected chi connectivity index (χ0v) is 20.1. The van der Waals surface area contributed by atoms with E-state index in [9.17, 15) is 0 Å². The molecule has 4 heteroatoms. The summed E-state index contributed by atoms with van der Waals surface area (Å²) in [5.74, 6) is -0.347. The van der Waals surface area contributed by atoms with E-state index in [1.54, 1.807) is 16.7 Å². The van der Waals surface area contributed by atoms with Crippen molar-refractivity contribution < 1.29 is 56.4 Å². The van der Waals surface area contributed by atoms with Crippen molar-refractivity contribution in [2.75, 3.05) is 0 Å². The number of benzene rings is 1. The van der Waals surface area contributed by atoms with Gasteiger partial charge in [-0.1, -0.05) is 0 Å². The van der Waals surface area contributed by atoms with E-state index < -0.39 is 0 Å². The standard InChI is InChI=1S/C13H15.C4H11Si.2BrH.Zr/c1-2-3-6-11-9-12-7-4-5-8-13(12)10-11;1-3-5-4-2;;;/h4-5,7-10H,2-3,6H2,1H3;5H,3-4H2,1-2H3;2*1H;/q;;;;+2/p-2. The maximum absolute atomic E-state index is 2.53. The number of allylic oxidation sites excluding steroid dienone is 1. The molecule has 0 saturated carbocycles. The van der Waals surface area contributed by atoms with Crippen LogP contribution in [0.3, 0.4) is 0 Å². The minimum atomic E-state index is -0.347. The van der Waals surface area contributed by atoms with Gasteiger partial charge in [-0.3, -0.25) is 0 Å². The minimum Gasteiger partial charge on any atom is -1.00 e. The SMILES string of the molecule is CCCCC1=Cc2ccccc2[CH]1[Zr+2][SiH](CC)CC.[Br-].[Br-]. The summed E-state index contributed by atoms with van der Waals surface area (Å²) in [7, 11) is 0. The van der Waals surface area contributed by atoms with Gasteiger partial charge in [0.1, 0.15) is 0 Å². The smallest absolute Gasteiger partial charge is 1.00 e. The molecule has 1 unspecified atom stereocenters. The first kappa shape index (κ1) is 22.0. The van der Waals surface area contributed by atoms with Gasteiger partial charge in [-0.15, -0.1) is 0 Å². The van der Waals surface area contributed by atoms with Crippen molar-refractivity contribution in [3.63, 3.8) is 0 Å². The maximum Gasteiger partial charge on any atom is -1.00 e. The van der Waals surface area contributed by atoms with Crippen LogP contribution in [0.5, 0.6) is 0 Å². The third-order valence-electron chi connectivity index (χ3n) is 4.23. The van der Waals surface area contributed by atoms with Crippen LogP contribution in [0.2, 0.25) is 12.1 Å². The average Bonchev–Trinajstić information content (AvgIpc) is 2.80. The first-order valence-corrected chi connectivity index (χ1v) is 15.7. The van der Waals surface area contributed by atoms with E-state index in [1.165, 1.54) is 31.4 Å². The summed E-state index contributed by atoms with van der Waals surface area (Å²) in [5.41, 5.74) is 5.04. The molecular weight excluding hydrogens is 483 g/mol. The van der Waals surface area contributed by atoms with Crippen molar-refractivity contribution in [1.29, 1.82) is 0 Å². The Kier molecular flexibility index (Phi) is 12.1. The molecule has 1 aliphatic carbocycles. The van der Waals surface area contributed by atoms with E-state index in [-0.39, 0.29) is 62.3 Å². The second kappa shape index (κ2) is 11.5. The molecule has 21 heavy (non-hydrogen) atoms. The molecule has 0 spiro atoms. The van der Waals surface area contributed by atoms with Crippen LogP contribution in [0.25, 0.3) is 6.08 Å². The van der Waals surface area contributed by atoms with Crippen molar-refractivity contribution in [1.82, 2.24) is 0 Å². The van der Waals surface area contributed by atoms with Crippen LogP contribution in [-0.4, -0.2) is 5.92 Å². The fraction of sp³-hybridized carbons (Fsp3) is 0.529. The summed E-state index contributed by atoms with van der Waals surface area (Å²) in [6.07, 6.45) is 6.59. The number of halogens is 2. The van der Waals surface area contributed by atoms with Gasteiger partial charge in [0.05, 0.1) is 0 Å². The summed E-state index contributed by atoms with van der Waals surface area (Å²) < 4.78 is 0.933. The topological polar surface area (TPSA) is 0 Å². The van der Waals surface area contributed by atoms with Crippen LogP contribution in [0, 0.1) is 0 Å². The van der Waals surface area contributed by atoms with Gasteiger partial charge in [-0.2, -0.15) is 0 Å². The Morgan fingerprint density at radius 1 is 1.05 bits per heavy atom.